The number of aldehydes is 1. The van der Waals surface area contributed by atoms with Crippen molar-refractivity contribution in [3.8, 4) is 21.6 Å². The molecule has 3 aromatic rings. The van der Waals surface area contributed by atoms with E-state index in [1.54, 1.807) is 6.07 Å². The molecule has 0 aliphatic heterocycles. The summed E-state index contributed by atoms with van der Waals surface area (Å²) in [7, 11) is 0. The minimum absolute atomic E-state index is 0.356. The zero-order valence-electron chi connectivity index (χ0n) is 18.0. The number of aromatic carboxylic acids is 1. The lowest BCUT2D eigenvalue weighted by Gasteiger charge is -2.19. The van der Waals surface area contributed by atoms with E-state index in [2.05, 4.69) is 52.0 Å². The molecule has 2 aromatic carbocycles. The van der Waals surface area contributed by atoms with E-state index < -0.39 is 5.97 Å². The second-order valence-corrected chi connectivity index (χ2v) is 8.46. The first kappa shape index (κ1) is 22.0. The molecule has 0 amide bonds. The summed E-state index contributed by atoms with van der Waals surface area (Å²) in [6.07, 6.45) is 4.40. The first-order valence-corrected chi connectivity index (χ1v) is 11.4. The Balaban J connectivity index is 2.22. The highest BCUT2D eigenvalue weighted by molar-refractivity contribution is 7.17. The number of carboxylic acid groups (broad SMARTS) is 1. The smallest absolute Gasteiger partial charge is 0.345 e. The van der Waals surface area contributed by atoms with Gasteiger partial charge in [0.2, 0.25) is 0 Å². The van der Waals surface area contributed by atoms with E-state index in [0.29, 0.717) is 4.88 Å². The lowest BCUT2D eigenvalue weighted by molar-refractivity contribution is 0.0702. The lowest BCUT2D eigenvalue weighted by Crippen LogP contribution is -2.02. The number of carbonyl (C=O) groups excluding carboxylic acids is 1. The van der Waals surface area contributed by atoms with Crippen LogP contribution in [0.1, 0.15) is 70.0 Å². The van der Waals surface area contributed by atoms with Gasteiger partial charge in [0.15, 0.2) is 6.29 Å². The average molecular weight is 421 g/mol. The fourth-order valence-electron chi connectivity index (χ4n) is 4.11. The Labute approximate surface area is 182 Å². The fraction of sp³-hybridized carbons (Fsp3) is 0.308. The number of hydrogen-bond donors (Lipinski definition) is 1. The van der Waals surface area contributed by atoms with Crippen molar-refractivity contribution >= 4 is 23.6 Å². The molecule has 3 nitrogen and oxygen atoms in total. The van der Waals surface area contributed by atoms with Crippen LogP contribution in [0.15, 0.2) is 36.4 Å². The number of hydrogen-bond acceptors (Lipinski definition) is 3. The number of thiophene rings is 1. The molecule has 4 heteroatoms. The monoisotopic (exact) mass is 420 g/mol. The SMILES string of the molecule is CCc1cc(-c2c(CC)cc(-c3ccc(C(=O)O)s3)cc2CC)cc(CC)c1C=O. The highest BCUT2D eigenvalue weighted by Gasteiger charge is 2.17. The largest absolute Gasteiger partial charge is 0.477 e. The minimum Gasteiger partial charge on any atom is -0.477 e. The van der Waals surface area contributed by atoms with Gasteiger partial charge in [0.05, 0.1) is 0 Å². The molecule has 0 fully saturated rings. The van der Waals surface area contributed by atoms with Gasteiger partial charge in [-0.2, -0.15) is 0 Å². The number of carboxylic acids is 1. The van der Waals surface area contributed by atoms with Gasteiger partial charge in [0, 0.05) is 10.4 Å². The summed E-state index contributed by atoms with van der Waals surface area (Å²) in [6, 6.07) is 12.3. The minimum atomic E-state index is -0.885. The Morgan fingerprint density at radius 2 is 1.33 bits per heavy atom. The summed E-state index contributed by atoms with van der Waals surface area (Å²) in [6.45, 7) is 8.49. The number of benzene rings is 2. The third-order valence-electron chi connectivity index (χ3n) is 5.68. The summed E-state index contributed by atoms with van der Waals surface area (Å²) < 4.78 is 0. The van der Waals surface area contributed by atoms with E-state index in [1.807, 2.05) is 6.07 Å². The van der Waals surface area contributed by atoms with E-state index >= 15 is 0 Å². The molecule has 1 N–H and O–H groups in total. The van der Waals surface area contributed by atoms with Crippen LogP contribution >= 0.6 is 11.3 Å². The van der Waals surface area contributed by atoms with E-state index in [-0.39, 0.29) is 0 Å². The fourth-order valence-corrected chi connectivity index (χ4v) is 4.94. The van der Waals surface area contributed by atoms with Crippen LogP contribution in [0.2, 0.25) is 0 Å². The van der Waals surface area contributed by atoms with Gasteiger partial charge in [-0.15, -0.1) is 11.3 Å². The van der Waals surface area contributed by atoms with Crippen molar-refractivity contribution in [3.05, 3.63) is 69.1 Å². The highest BCUT2D eigenvalue weighted by Crippen LogP contribution is 2.37. The van der Waals surface area contributed by atoms with Crippen molar-refractivity contribution < 1.29 is 14.7 Å². The van der Waals surface area contributed by atoms with Gasteiger partial charge in [-0.05, 0) is 88.9 Å². The van der Waals surface area contributed by atoms with Gasteiger partial charge >= 0.3 is 5.97 Å². The molecule has 0 saturated heterocycles. The van der Waals surface area contributed by atoms with Crippen LogP contribution < -0.4 is 0 Å². The molecule has 0 bridgehead atoms. The predicted octanol–water partition coefficient (Wildman–Crippen LogP) is 6.84. The van der Waals surface area contributed by atoms with Crippen LogP contribution in [0.25, 0.3) is 21.6 Å². The molecule has 30 heavy (non-hydrogen) atoms. The first-order valence-electron chi connectivity index (χ1n) is 10.6. The van der Waals surface area contributed by atoms with Crippen LogP contribution in [0.3, 0.4) is 0 Å². The van der Waals surface area contributed by atoms with Crippen LogP contribution in [0.5, 0.6) is 0 Å². The summed E-state index contributed by atoms with van der Waals surface area (Å²) in [5.41, 5.74) is 9.01. The maximum atomic E-state index is 11.7. The average Bonchev–Trinajstić information content (AvgIpc) is 3.27. The Bertz CT molecular complexity index is 1040. The van der Waals surface area contributed by atoms with Gasteiger partial charge in [0.1, 0.15) is 4.88 Å². The topological polar surface area (TPSA) is 54.4 Å². The zero-order valence-corrected chi connectivity index (χ0v) is 18.9. The molecule has 156 valence electrons. The molecule has 0 radical (unpaired) electrons. The van der Waals surface area contributed by atoms with Crippen LogP contribution in [0.4, 0.5) is 0 Å². The molecular formula is C26H28O3S. The number of aryl methyl sites for hydroxylation is 4. The second kappa shape index (κ2) is 9.40. The summed E-state index contributed by atoms with van der Waals surface area (Å²) >= 11 is 1.31. The summed E-state index contributed by atoms with van der Waals surface area (Å²) in [4.78, 5) is 24.3. The van der Waals surface area contributed by atoms with Crippen molar-refractivity contribution in [3.63, 3.8) is 0 Å². The van der Waals surface area contributed by atoms with Crippen molar-refractivity contribution in [1.29, 1.82) is 0 Å². The van der Waals surface area contributed by atoms with Crippen LogP contribution in [0, 0.1) is 0 Å². The Kier molecular flexibility index (Phi) is 6.88. The molecule has 0 atom stereocenters. The normalized spacial score (nSPS) is 10.9. The second-order valence-electron chi connectivity index (χ2n) is 7.38. The van der Waals surface area contributed by atoms with Gasteiger partial charge in [-0.25, -0.2) is 4.79 Å². The van der Waals surface area contributed by atoms with Crippen LogP contribution in [-0.4, -0.2) is 17.4 Å². The third kappa shape index (κ3) is 4.10. The standard InChI is InChI=1S/C26H28O3S/c1-5-16-11-21(12-17(6-2)22(16)15-27)25-18(7-3)13-20(14-19(25)8-4)23-9-10-24(30-23)26(28)29/h9-15H,5-8H2,1-4H3,(H,28,29). The maximum Gasteiger partial charge on any atom is 0.345 e. The lowest BCUT2D eigenvalue weighted by atomic mass is 9.86. The van der Waals surface area contributed by atoms with Crippen molar-refractivity contribution in [1.82, 2.24) is 0 Å². The number of carbonyl (C=O) groups is 2. The molecule has 1 heterocycles. The van der Waals surface area contributed by atoms with Gasteiger partial charge < -0.3 is 5.11 Å². The van der Waals surface area contributed by atoms with E-state index in [1.165, 1.54) is 33.6 Å². The number of rotatable bonds is 8. The molecular weight excluding hydrogens is 392 g/mol. The maximum absolute atomic E-state index is 11.7. The molecule has 0 aliphatic rings. The van der Waals surface area contributed by atoms with Gasteiger partial charge in [-0.3, -0.25) is 4.79 Å². The Morgan fingerprint density at radius 3 is 1.73 bits per heavy atom. The van der Waals surface area contributed by atoms with Gasteiger partial charge in [-0.1, -0.05) is 39.8 Å². The zero-order chi connectivity index (χ0) is 21.8. The predicted molar refractivity (Wildman–Crippen MR) is 125 cm³/mol. The first-order chi connectivity index (χ1) is 14.5. The van der Waals surface area contributed by atoms with Crippen molar-refractivity contribution in [2.24, 2.45) is 0 Å². The van der Waals surface area contributed by atoms with Crippen molar-refractivity contribution in [2.75, 3.05) is 0 Å². The molecule has 0 spiro atoms. The summed E-state index contributed by atoms with van der Waals surface area (Å²) in [5, 5.41) is 9.27. The Hall–Kier alpha value is -2.72. The molecule has 3 rings (SSSR count). The molecule has 0 unspecified atom stereocenters. The molecule has 1 aromatic heterocycles. The molecule has 0 aliphatic carbocycles. The highest BCUT2D eigenvalue weighted by atomic mass is 32.1. The quantitative estimate of drug-likeness (QED) is 0.406. The molecule has 0 saturated carbocycles. The Morgan fingerprint density at radius 1 is 0.833 bits per heavy atom. The van der Waals surface area contributed by atoms with Gasteiger partial charge in [0.25, 0.3) is 0 Å². The van der Waals surface area contributed by atoms with E-state index in [4.69, 9.17) is 0 Å². The summed E-state index contributed by atoms with van der Waals surface area (Å²) in [5.74, 6) is -0.885. The van der Waals surface area contributed by atoms with Crippen molar-refractivity contribution in [2.45, 2.75) is 53.4 Å². The van der Waals surface area contributed by atoms with E-state index in [9.17, 15) is 14.7 Å². The van der Waals surface area contributed by atoms with E-state index in [0.717, 1.165) is 59.1 Å². The van der Waals surface area contributed by atoms with Crippen LogP contribution in [-0.2, 0) is 25.7 Å². The third-order valence-corrected chi connectivity index (χ3v) is 6.81.